The smallest absolute Gasteiger partial charge is 0.244 e. The Morgan fingerprint density at radius 2 is 1.82 bits per heavy atom. The average Bonchev–Trinajstić information content (AvgIpc) is 2.54. The molecule has 0 aliphatic rings. The first-order valence-electron chi connectivity index (χ1n) is 6.93. The van der Waals surface area contributed by atoms with Crippen LogP contribution in [0.3, 0.4) is 0 Å². The Morgan fingerprint density at radius 3 is 2.41 bits per heavy atom. The molecule has 0 aliphatic carbocycles. The average molecular weight is 306 g/mol. The maximum absolute atomic E-state index is 11.8. The predicted octanol–water partition coefficient (Wildman–Crippen LogP) is 0.940. The van der Waals surface area contributed by atoms with Gasteiger partial charge in [-0.25, -0.2) is 0 Å². The van der Waals surface area contributed by atoms with E-state index in [2.05, 4.69) is 10.6 Å². The Hall–Kier alpha value is -2.18. The third-order valence-corrected chi connectivity index (χ3v) is 2.95. The van der Waals surface area contributed by atoms with Crippen molar-refractivity contribution >= 4 is 17.9 Å². The molecule has 0 saturated heterocycles. The van der Waals surface area contributed by atoms with Gasteiger partial charge in [0.2, 0.25) is 11.8 Å². The molecule has 0 aromatic heterocycles. The maximum Gasteiger partial charge on any atom is 0.244 e. The van der Waals surface area contributed by atoms with E-state index in [0.29, 0.717) is 0 Å². The fraction of sp³-hybridized carbons (Fsp3) is 0.375. The van der Waals surface area contributed by atoms with Gasteiger partial charge in [-0.05, 0) is 18.6 Å². The molecule has 1 aromatic carbocycles. The molecule has 0 spiro atoms. The molecule has 0 radical (unpaired) electrons. The van der Waals surface area contributed by atoms with Crippen molar-refractivity contribution in [2.75, 3.05) is 20.8 Å². The molecule has 1 unspecified atom stereocenters. The number of carbonyl (C=O) groups is 2. The third kappa shape index (κ3) is 6.51. The second-order valence-corrected chi connectivity index (χ2v) is 4.62. The van der Waals surface area contributed by atoms with Crippen LogP contribution in [0.2, 0.25) is 0 Å². The molecule has 0 saturated carbocycles. The highest BCUT2D eigenvalue weighted by Gasteiger charge is 2.15. The molecule has 0 heterocycles. The SMILES string of the molecule is COC(CNC(=O)C(C)NC(=O)/C=C/c1ccccc1)OC. The second-order valence-electron chi connectivity index (χ2n) is 4.62. The summed E-state index contributed by atoms with van der Waals surface area (Å²) >= 11 is 0. The highest BCUT2D eigenvalue weighted by molar-refractivity contribution is 5.95. The number of hydrogen-bond acceptors (Lipinski definition) is 4. The Balaban J connectivity index is 2.40. The standard InChI is InChI=1S/C16H22N2O4/c1-12(16(20)17-11-15(21-2)22-3)18-14(19)10-9-13-7-5-4-6-8-13/h4-10,12,15H,11H2,1-3H3,(H,17,20)(H,18,19)/b10-9+. The molecule has 0 fully saturated rings. The number of amides is 2. The van der Waals surface area contributed by atoms with E-state index in [1.54, 1.807) is 13.0 Å². The highest BCUT2D eigenvalue weighted by Crippen LogP contribution is 2.00. The molecule has 2 amide bonds. The molecule has 22 heavy (non-hydrogen) atoms. The number of ether oxygens (including phenoxy) is 2. The molecule has 1 atom stereocenters. The van der Waals surface area contributed by atoms with Crippen LogP contribution in [-0.4, -0.2) is 44.9 Å². The Kier molecular flexibility index (Phi) is 7.88. The lowest BCUT2D eigenvalue weighted by molar-refractivity contribution is -0.131. The van der Waals surface area contributed by atoms with Gasteiger partial charge < -0.3 is 20.1 Å². The largest absolute Gasteiger partial charge is 0.354 e. The normalized spacial score (nSPS) is 12.4. The molecule has 0 aliphatic heterocycles. The van der Waals surface area contributed by atoms with Crippen molar-refractivity contribution in [3.8, 4) is 0 Å². The van der Waals surface area contributed by atoms with Crippen LogP contribution in [0.5, 0.6) is 0 Å². The molecule has 0 bridgehead atoms. The van der Waals surface area contributed by atoms with Gasteiger partial charge in [-0.15, -0.1) is 0 Å². The minimum Gasteiger partial charge on any atom is -0.354 e. The topological polar surface area (TPSA) is 76.7 Å². The summed E-state index contributed by atoms with van der Waals surface area (Å²) in [7, 11) is 2.97. The van der Waals surface area contributed by atoms with Crippen LogP contribution < -0.4 is 10.6 Å². The minimum atomic E-state index is -0.651. The van der Waals surface area contributed by atoms with E-state index in [1.807, 2.05) is 30.3 Å². The van der Waals surface area contributed by atoms with Gasteiger partial charge in [0, 0.05) is 20.3 Å². The van der Waals surface area contributed by atoms with Crippen molar-refractivity contribution < 1.29 is 19.1 Å². The summed E-state index contributed by atoms with van der Waals surface area (Å²) in [5.41, 5.74) is 0.915. The predicted molar refractivity (Wildman–Crippen MR) is 83.9 cm³/mol. The Morgan fingerprint density at radius 1 is 1.18 bits per heavy atom. The zero-order valence-electron chi connectivity index (χ0n) is 13.0. The molecule has 120 valence electrons. The fourth-order valence-corrected chi connectivity index (χ4v) is 1.66. The van der Waals surface area contributed by atoms with Crippen LogP contribution in [0.25, 0.3) is 6.08 Å². The summed E-state index contributed by atoms with van der Waals surface area (Å²) in [5, 5.41) is 5.23. The van der Waals surface area contributed by atoms with Gasteiger partial charge in [0.05, 0.1) is 6.54 Å². The van der Waals surface area contributed by atoms with Crippen molar-refractivity contribution in [3.05, 3.63) is 42.0 Å². The summed E-state index contributed by atoms with van der Waals surface area (Å²) in [6.07, 6.45) is 2.57. The van der Waals surface area contributed by atoms with Crippen LogP contribution >= 0.6 is 0 Å². The van der Waals surface area contributed by atoms with E-state index < -0.39 is 12.3 Å². The monoisotopic (exact) mass is 306 g/mol. The van der Waals surface area contributed by atoms with Crippen molar-refractivity contribution in [3.63, 3.8) is 0 Å². The van der Waals surface area contributed by atoms with Gasteiger partial charge in [0.15, 0.2) is 6.29 Å². The summed E-state index contributed by atoms with van der Waals surface area (Å²) in [4.78, 5) is 23.6. The Labute approximate surface area is 130 Å². The first kappa shape index (κ1) is 17.9. The number of rotatable bonds is 8. The first-order valence-corrected chi connectivity index (χ1v) is 6.93. The van der Waals surface area contributed by atoms with Crippen molar-refractivity contribution in [1.82, 2.24) is 10.6 Å². The molecule has 6 nitrogen and oxygen atoms in total. The zero-order valence-corrected chi connectivity index (χ0v) is 13.0. The van der Waals surface area contributed by atoms with E-state index in [-0.39, 0.29) is 18.4 Å². The zero-order chi connectivity index (χ0) is 16.4. The van der Waals surface area contributed by atoms with Gasteiger partial charge in [0.25, 0.3) is 0 Å². The summed E-state index contributed by atoms with van der Waals surface area (Å²) in [5.74, 6) is -0.637. The van der Waals surface area contributed by atoms with Crippen LogP contribution in [0.1, 0.15) is 12.5 Å². The number of benzene rings is 1. The van der Waals surface area contributed by atoms with E-state index in [1.165, 1.54) is 20.3 Å². The van der Waals surface area contributed by atoms with E-state index in [9.17, 15) is 9.59 Å². The number of nitrogens with one attached hydrogen (secondary N) is 2. The van der Waals surface area contributed by atoms with E-state index in [0.717, 1.165) is 5.56 Å². The maximum atomic E-state index is 11.8. The Bertz CT molecular complexity index is 498. The summed E-state index contributed by atoms with van der Waals surface area (Å²) in [6.45, 7) is 1.82. The van der Waals surface area contributed by atoms with Crippen LogP contribution in [0.4, 0.5) is 0 Å². The van der Waals surface area contributed by atoms with Crippen molar-refractivity contribution in [2.24, 2.45) is 0 Å². The van der Waals surface area contributed by atoms with Crippen molar-refractivity contribution in [2.45, 2.75) is 19.3 Å². The van der Waals surface area contributed by atoms with Gasteiger partial charge >= 0.3 is 0 Å². The lowest BCUT2D eigenvalue weighted by atomic mass is 10.2. The highest BCUT2D eigenvalue weighted by atomic mass is 16.7. The second kappa shape index (κ2) is 9.70. The number of carbonyl (C=O) groups excluding carboxylic acids is 2. The van der Waals surface area contributed by atoms with Crippen LogP contribution in [0.15, 0.2) is 36.4 Å². The number of hydrogen-bond donors (Lipinski definition) is 2. The molecule has 1 rings (SSSR count). The molecule has 6 heteroatoms. The van der Waals surface area contributed by atoms with Crippen molar-refractivity contribution in [1.29, 1.82) is 0 Å². The fourth-order valence-electron chi connectivity index (χ4n) is 1.66. The van der Waals surface area contributed by atoms with Gasteiger partial charge in [0.1, 0.15) is 6.04 Å². The van der Waals surface area contributed by atoms with E-state index >= 15 is 0 Å². The first-order chi connectivity index (χ1) is 10.6. The quantitative estimate of drug-likeness (QED) is 0.553. The molecule has 2 N–H and O–H groups in total. The lowest BCUT2D eigenvalue weighted by Crippen LogP contribution is -2.46. The summed E-state index contributed by atoms with van der Waals surface area (Å²) < 4.78 is 9.93. The van der Waals surface area contributed by atoms with Gasteiger partial charge in [-0.3, -0.25) is 9.59 Å². The van der Waals surface area contributed by atoms with E-state index in [4.69, 9.17) is 9.47 Å². The van der Waals surface area contributed by atoms with Gasteiger partial charge in [-0.2, -0.15) is 0 Å². The minimum absolute atomic E-state index is 0.214. The molecular formula is C16H22N2O4. The van der Waals surface area contributed by atoms with Crippen LogP contribution in [0, 0.1) is 0 Å². The lowest BCUT2D eigenvalue weighted by Gasteiger charge is -2.17. The van der Waals surface area contributed by atoms with Gasteiger partial charge in [-0.1, -0.05) is 30.3 Å². The summed E-state index contributed by atoms with van der Waals surface area (Å²) in [6, 6.07) is 8.79. The third-order valence-electron chi connectivity index (χ3n) is 2.95. The van der Waals surface area contributed by atoms with Crippen LogP contribution in [-0.2, 0) is 19.1 Å². The number of methoxy groups -OCH3 is 2. The molecular weight excluding hydrogens is 284 g/mol. The molecule has 1 aromatic rings.